The van der Waals surface area contributed by atoms with Gasteiger partial charge in [0.15, 0.2) is 5.82 Å². The van der Waals surface area contributed by atoms with E-state index >= 15 is 0 Å². The summed E-state index contributed by atoms with van der Waals surface area (Å²) in [7, 11) is 0. The summed E-state index contributed by atoms with van der Waals surface area (Å²) in [6.07, 6.45) is 10.2. The quantitative estimate of drug-likeness (QED) is 0.829. The second-order valence-corrected chi connectivity index (χ2v) is 6.32. The molecular formula is C15H25N3O. The van der Waals surface area contributed by atoms with Gasteiger partial charge in [0, 0.05) is 5.92 Å². The minimum Gasteiger partial charge on any atom is -0.338 e. The van der Waals surface area contributed by atoms with Crippen LogP contribution in [0.4, 0.5) is 0 Å². The van der Waals surface area contributed by atoms with Crippen LogP contribution in [0.5, 0.6) is 0 Å². The van der Waals surface area contributed by atoms with E-state index in [2.05, 4.69) is 17.4 Å². The first-order valence-electron chi connectivity index (χ1n) is 7.90. The average Bonchev–Trinajstić information content (AvgIpc) is 2.75. The molecule has 1 aliphatic heterocycles. The lowest BCUT2D eigenvalue weighted by Gasteiger charge is -2.25. The van der Waals surface area contributed by atoms with Crippen molar-refractivity contribution in [3.05, 3.63) is 11.7 Å². The largest absolute Gasteiger partial charge is 0.338 e. The monoisotopic (exact) mass is 263 g/mol. The second kappa shape index (κ2) is 6.04. The number of rotatable bonds is 2. The van der Waals surface area contributed by atoms with Gasteiger partial charge >= 0.3 is 0 Å². The number of nitrogens with one attached hydrogen (secondary N) is 1. The van der Waals surface area contributed by atoms with Crippen molar-refractivity contribution in [1.29, 1.82) is 0 Å². The van der Waals surface area contributed by atoms with Crippen molar-refractivity contribution in [3.8, 4) is 0 Å². The Morgan fingerprint density at radius 3 is 2.63 bits per heavy atom. The summed E-state index contributed by atoms with van der Waals surface area (Å²) in [5.74, 6) is 3.04. The highest BCUT2D eigenvalue weighted by Gasteiger charge is 2.26. The molecule has 1 saturated carbocycles. The summed E-state index contributed by atoms with van der Waals surface area (Å²) in [4.78, 5) is 4.69. The molecule has 0 radical (unpaired) electrons. The van der Waals surface area contributed by atoms with E-state index in [1.807, 2.05) is 0 Å². The smallest absolute Gasteiger partial charge is 0.243 e. The van der Waals surface area contributed by atoms with E-state index in [1.54, 1.807) is 0 Å². The second-order valence-electron chi connectivity index (χ2n) is 6.32. The third-order valence-electron chi connectivity index (χ3n) is 4.64. The summed E-state index contributed by atoms with van der Waals surface area (Å²) in [6.45, 7) is 3.36. The molecule has 4 nitrogen and oxygen atoms in total. The topological polar surface area (TPSA) is 51.0 Å². The normalized spacial score (nSPS) is 30.2. The van der Waals surface area contributed by atoms with Gasteiger partial charge in [0.1, 0.15) is 0 Å². The maximum Gasteiger partial charge on any atom is 0.243 e. The van der Waals surface area contributed by atoms with Gasteiger partial charge in [0.2, 0.25) is 5.89 Å². The maximum absolute atomic E-state index is 5.52. The lowest BCUT2D eigenvalue weighted by Crippen LogP contribution is -2.31. The number of nitrogens with zero attached hydrogens (tertiary/aromatic N) is 2. The standard InChI is InChI=1S/C15H25N3O/c1-11-8-9-16-13(10-11)15-17-14(18-19-15)12-6-4-2-3-5-7-12/h11-13,16H,2-10H2,1H3. The first-order valence-corrected chi connectivity index (χ1v) is 7.90. The zero-order valence-corrected chi connectivity index (χ0v) is 11.9. The van der Waals surface area contributed by atoms with Gasteiger partial charge in [0.25, 0.3) is 0 Å². The van der Waals surface area contributed by atoms with Crippen LogP contribution in [0.3, 0.4) is 0 Å². The van der Waals surface area contributed by atoms with Gasteiger partial charge in [-0.2, -0.15) is 4.98 Å². The van der Waals surface area contributed by atoms with Crippen molar-refractivity contribution in [2.24, 2.45) is 5.92 Å². The average molecular weight is 263 g/mol. The first kappa shape index (κ1) is 13.1. The Morgan fingerprint density at radius 1 is 1.11 bits per heavy atom. The molecule has 0 spiro atoms. The van der Waals surface area contributed by atoms with Crippen molar-refractivity contribution in [2.45, 2.75) is 70.3 Å². The summed E-state index contributed by atoms with van der Waals surface area (Å²) in [5.41, 5.74) is 0. The SMILES string of the molecule is CC1CCNC(c2nc(C3CCCCCC3)no2)C1. The number of hydrogen-bond acceptors (Lipinski definition) is 4. The van der Waals surface area contributed by atoms with E-state index in [-0.39, 0.29) is 6.04 Å². The fourth-order valence-electron chi connectivity index (χ4n) is 3.39. The van der Waals surface area contributed by atoms with Crippen molar-refractivity contribution in [2.75, 3.05) is 6.54 Å². The molecule has 1 saturated heterocycles. The summed E-state index contributed by atoms with van der Waals surface area (Å²) >= 11 is 0. The molecular weight excluding hydrogens is 238 g/mol. The van der Waals surface area contributed by atoms with Crippen molar-refractivity contribution < 1.29 is 4.52 Å². The van der Waals surface area contributed by atoms with Gasteiger partial charge in [-0.1, -0.05) is 37.8 Å². The fourth-order valence-corrected chi connectivity index (χ4v) is 3.39. The van der Waals surface area contributed by atoms with Crippen LogP contribution >= 0.6 is 0 Å². The first-order chi connectivity index (χ1) is 9.33. The molecule has 0 amide bonds. The molecule has 2 unspecified atom stereocenters. The van der Waals surface area contributed by atoms with Gasteiger partial charge in [-0.05, 0) is 38.1 Å². The zero-order chi connectivity index (χ0) is 13.1. The highest BCUT2D eigenvalue weighted by molar-refractivity contribution is 5.00. The molecule has 1 aromatic rings. The maximum atomic E-state index is 5.52. The van der Waals surface area contributed by atoms with Crippen molar-refractivity contribution >= 4 is 0 Å². The lowest BCUT2D eigenvalue weighted by molar-refractivity contribution is 0.258. The van der Waals surface area contributed by atoms with Crippen LogP contribution in [0.25, 0.3) is 0 Å². The van der Waals surface area contributed by atoms with Crippen LogP contribution in [-0.2, 0) is 0 Å². The van der Waals surface area contributed by atoms with Gasteiger partial charge < -0.3 is 9.84 Å². The van der Waals surface area contributed by atoms with Crippen LogP contribution in [0, 0.1) is 5.92 Å². The van der Waals surface area contributed by atoms with E-state index in [9.17, 15) is 0 Å². The van der Waals surface area contributed by atoms with Crippen LogP contribution in [0.2, 0.25) is 0 Å². The molecule has 0 aromatic carbocycles. The van der Waals surface area contributed by atoms with Gasteiger partial charge in [-0.15, -0.1) is 0 Å². The molecule has 19 heavy (non-hydrogen) atoms. The molecule has 106 valence electrons. The molecule has 1 N–H and O–H groups in total. The number of hydrogen-bond donors (Lipinski definition) is 1. The Balaban J connectivity index is 1.68. The Morgan fingerprint density at radius 2 is 1.89 bits per heavy atom. The predicted octanol–water partition coefficient (Wildman–Crippen LogP) is 3.57. The van der Waals surface area contributed by atoms with E-state index in [0.717, 1.165) is 30.6 Å². The Labute approximate surface area is 115 Å². The number of piperidine rings is 1. The van der Waals surface area contributed by atoms with Gasteiger partial charge in [-0.3, -0.25) is 0 Å². The van der Waals surface area contributed by atoms with Crippen molar-refractivity contribution in [3.63, 3.8) is 0 Å². The van der Waals surface area contributed by atoms with E-state index in [4.69, 9.17) is 9.51 Å². The molecule has 1 aliphatic carbocycles. The Kier molecular flexibility index (Phi) is 4.16. The van der Waals surface area contributed by atoms with Crippen LogP contribution in [-0.4, -0.2) is 16.7 Å². The minimum atomic E-state index is 0.274. The highest BCUT2D eigenvalue weighted by Crippen LogP contribution is 2.32. The highest BCUT2D eigenvalue weighted by atomic mass is 16.5. The molecule has 1 aromatic heterocycles. The van der Waals surface area contributed by atoms with Gasteiger partial charge in [0.05, 0.1) is 6.04 Å². The zero-order valence-electron chi connectivity index (χ0n) is 11.9. The Bertz CT molecular complexity index is 379. The third kappa shape index (κ3) is 3.16. The molecule has 2 aliphatic rings. The summed E-state index contributed by atoms with van der Waals surface area (Å²) < 4.78 is 5.52. The molecule has 4 heteroatoms. The fraction of sp³-hybridized carbons (Fsp3) is 0.867. The molecule has 0 bridgehead atoms. The van der Waals surface area contributed by atoms with Crippen LogP contribution in [0.1, 0.15) is 82.0 Å². The third-order valence-corrected chi connectivity index (χ3v) is 4.64. The van der Waals surface area contributed by atoms with Gasteiger partial charge in [-0.25, -0.2) is 0 Å². The molecule has 2 heterocycles. The van der Waals surface area contributed by atoms with E-state index < -0.39 is 0 Å². The minimum absolute atomic E-state index is 0.274. The van der Waals surface area contributed by atoms with Crippen LogP contribution in [0.15, 0.2) is 4.52 Å². The molecule has 3 rings (SSSR count). The van der Waals surface area contributed by atoms with E-state index in [1.165, 1.54) is 44.9 Å². The van der Waals surface area contributed by atoms with Crippen LogP contribution < -0.4 is 5.32 Å². The predicted molar refractivity (Wildman–Crippen MR) is 73.9 cm³/mol. The Hall–Kier alpha value is -0.900. The van der Waals surface area contributed by atoms with E-state index in [0.29, 0.717) is 5.92 Å². The lowest BCUT2D eigenvalue weighted by atomic mass is 9.94. The molecule has 2 atom stereocenters. The number of aromatic nitrogens is 2. The summed E-state index contributed by atoms with van der Waals surface area (Å²) in [5, 5.41) is 7.75. The molecule has 2 fully saturated rings. The van der Waals surface area contributed by atoms with Crippen molar-refractivity contribution in [1.82, 2.24) is 15.5 Å². The summed E-state index contributed by atoms with van der Waals surface area (Å²) in [6, 6.07) is 0.274.